The lowest BCUT2D eigenvalue weighted by Gasteiger charge is -2.07. The second kappa shape index (κ2) is 18.8. The summed E-state index contributed by atoms with van der Waals surface area (Å²) in [4.78, 5) is 11.6. The summed E-state index contributed by atoms with van der Waals surface area (Å²) in [6.07, 6.45) is 21.3. The van der Waals surface area contributed by atoms with E-state index in [1.54, 1.807) is 0 Å². The summed E-state index contributed by atoms with van der Waals surface area (Å²) in [5, 5.41) is 2.99. The van der Waals surface area contributed by atoms with Crippen molar-refractivity contribution in [1.82, 2.24) is 5.32 Å². The van der Waals surface area contributed by atoms with Crippen LogP contribution in [0.3, 0.4) is 0 Å². The normalized spacial score (nSPS) is 11.2. The highest BCUT2D eigenvalue weighted by atomic mass is 16.1. The van der Waals surface area contributed by atoms with Crippen LogP contribution < -0.4 is 5.32 Å². The third kappa shape index (κ3) is 19.5. The molecular formula is C22H45NO. The Kier molecular flexibility index (Phi) is 18.4. The van der Waals surface area contributed by atoms with Gasteiger partial charge >= 0.3 is 0 Å². The quantitative estimate of drug-likeness (QED) is 0.267. The Labute approximate surface area is 152 Å². The van der Waals surface area contributed by atoms with E-state index in [0.717, 1.165) is 13.0 Å². The lowest BCUT2D eigenvalue weighted by Crippen LogP contribution is -2.26. The second-order valence-corrected chi connectivity index (χ2v) is 7.90. The molecule has 1 amide bonds. The van der Waals surface area contributed by atoms with Gasteiger partial charge in [0.2, 0.25) is 5.91 Å². The third-order valence-corrected chi connectivity index (χ3v) is 4.71. The number of amides is 1. The smallest absolute Gasteiger partial charge is 0.220 e. The number of unbranched alkanes of at least 4 members (excludes halogenated alkanes) is 14. The van der Waals surface area contributed by atoms with Crippen LogP contribution in [-0.4, -0.2) is 12.5 Å². The largest absolute Gasteiger partial charge is 0.356 e. The molecule has 144 valence electrons. The molecule has 0 fully saturated rings. The maximum absolute atomic E-state index is 11.6. The Hall–Kier alpha value is -0.530. The summed E-state index contributed by atoms with van der Waals surface area (Å²) in [5.74, 6) is 0.786. The summed E-state index contributed by atoms with van der Waals surface area (Å²) in [6, 6.07) is 0. The highest BCUT2D eigenvalue weighted by Gasteiger charge is 2.01. The van der Waals surface area contributed by atoms with Crippen molar-refractivity contribution < 1.29 is 4.79 Å². The first kappa shape index (κ1) is 23.5. The fraction of sp³-hybridized carbons (Fsp3) is 0.955. The van der Waals surface area contributed by atoms with Gasteiger partial charge < -0.3 is 5.32 Å². The van der Waals surface area contributed by atoms with Crippen molar-refractivity contribution in [2.75, 3.05) is 6.54 Å². The van der Waals surface area contributed by atoms with E-state index in [9.17, 15) is 4.79 Å². The van der Waals surface area contributed by atoms with Crippen LogP contribution in [-0.2, 0) is 4.79 Å². The van der Waals surface area contributed by atoms with E-state index in [4.69, 9.17) is 0 Å². The molecule has 0 saturated carbocycles. The molecule has 0 aliphatic heterocycles. The minimum atomic E-state index is 0.235. The molecule has 0 aromatic carbocycles. The second-order valence-electron chi connectivity index (χ2n) is 7.90. The molecule has 0 aliphatic carbocycles. The minimum absolute atomic E-state index is 0.235. The summed E-state index contributed by atoms with van der Waals surface area (Å²) < 4.78 is 0. The third-order valence-electron chi connectivity index (χ3n) is 4.71. The summed E-state index contributed by atoms with van der Waals surface area (Å²) in [7, 11) is 0. The van der Waals surface area contributed by atoms with Crippen molar-refractivity contribution in [2.45, 2.75) is 124 Å². The molecule has 0 spiro atoms. The SMILES string of the molecule is CCCCCCCCCCCCCCCCCC(=O)NCC(C)C. The zero-order valence-electron chi connectivity index (χ0n) is 17.0. The van der Waals surface area contributed by atoms with Crippen LogP contribution in [0.4, 0.5) is 0 Å². The summed E-state index contributed by atoms with van der Waals surface area (Å²) >= 11 is 0. The Morgan fingerprint density at radius 3 is 1.42 bits per heavy atom. The number of rotatable bonds is 18. The number of hydrogen-bond donors (Lipinski definition) is 1. The van der Waals surface area contributed by atoms with Gasteiger partial charge in [-0.15, -0.1) is 0 Å². The van der Waals surface area contributed by atoms with Crippen molar-refractivity contribution >= 4 is 5.91 Å². The van der Waals surface area contributed by atoms with Crippen LogP contribution in [0.2, 0.25) is 0 Å². The number of carbonyl (C=O) groups is 1. The molecule has 0 atom stereocenters. The zero-order chi connectivity index (χ0) is 17.9. The lowest BCUT2D eigenvalue weighted by atomic mass is 10.0. The van der Waals surface area contributed by atoms with Crippen LogP contribution in [0.15, 0.2) is 0 Å². The highest BCUT2D eigenvalue weighted by molar-refractivity contribution is 5.75. The molecule has 0 unspecified atom stereocenters. The van der Waals surface area contributed by atoms with E-state index in [0.29, 0.717) is 12.3 Å². The van der Waals surface area contributed by atoms with Gasteiger partial charge in [0, 0.05) is 13.0 Å². The number of carbonyl (C=O) groups excluding carboxylic acids is 1. The monoisotopic (exact) mass is 339 g/mol. The molecule has 0 radical (unpaired) electrons. The Morgan fingerprint density at radius 1 is 0.667 bits per heavy atom. The van der Waals surface area contributed by atoms with Gasteiger partial charge in [-0.2, -0.15) is 0 Å². The van der Waals surface area contributed by atoms with E-state index in [-0.39, 0.29) is 5.91 Å². The molecule has 1 N–H and O–H groups in total. The first-order valence-electron chi connectivity index (χ1n) is 10.9. The van der Waals surface area contributed by atoms with Gasteiger partial charge in [0.05, 0.1) is 0 Å². The van der Waals surface area contributed by atoms with Crippen LogP contribution in [0.5, 0.6) is 0 Å². The fourth-order valence-electron chi connectivity index (χ4n) is 3.06. The van der Waals surface area contributed by atoms with Crippen LogP contribution in [0, 0.1) is 5.92 Å². The van der Waals surface area contributed by atoms with Crippen molar-refractivity contribution in [3.05, 3.63) is 0 Å². The Balaban J connectivity index is 3.08. The molecule has 0 saturated heterocycles. The number of nitrogens with one attached hydrogen (secondary N) is 1. The predicted octanol–water partition coefficient (Wildman–Crippen LogP) is 7.02. The Bertz CT molecular complexity index is 263. The molecule has 0 rings (SSSR count). The van der Waals surface area contributed by atoms with E-state index >= 15 is 0 Å². The van der Waals surface area contributed by atoms with Crippen LogP contribution >= 0.6 is 0 Å². The molecule has 2 nitrogen and oxygen atoms in total. The number of hydrogen-bond acceptors (Lipinski definition) is 1. The average Bonchev–Trinajstić information content (AvgIpc) is 2.56. The molecule has 0 aromatic rings. The summed E-state index contributed by atoms with van der Waals surface area (Å²) in [5.41, 5.74) is 0. The first-order chi connectivity index (χ1) is 11.7. The molecular weight excluding hydrogens is 294 g/mol. The van der Waals surface area contributed by atoms with Crippen molar-refractivity contribution in [1.29, 1.82) is 0 Å². The standard InChI is InChI=1S/C22H45NO/c1-4-5-6-7-8-9-10-11-12-13-14-15-16-17-18-19-22(24)23-20-21(2)3/h21H,4-20H2,1-3H3,(H,23,24). The molecule has 0 aliphatic rings. The molecule has 2 heteroatoms. The fourth-order valence-corrected chi connectivity index (χ4v) is 3.06. The molecule has 24 heavy (non-hydrogen) atoms. The average molecular weight is 340 g/mol. The molecule has 0 bridgehead atoms. The molecule has 0 heterocycles. The minimum Gasteiger partial charge on any atom is -0.356 e. The van der Waals surface area contributed by atoms with Crippen molar-refractivity contribution in [3.63, 3.8) is 0 Å². The van der Waals surface area contributed by atoms with Gasteiger partial charge in [-0.05, 0) is 12.3 Å². The van der Waals surface area contributed by atoms with Gasteiger partial charge in [-0.3, -0.25) is 4.79 Å². The predicted molar refractivity (Wildman–Crippen MR) is 107 cm³/mol. The van der Waals surface area contributed by atoms with Crippen LogP contribution in [0.1, 0.15) is 124 Å². The van der Waals surface area contributed by atoms with E-state index in [1.807, 2.05) is 0 Å². The lowest BCUT2D eigenvalue weighted by molar-refractivity contribution is -0.121. The van der Waals surface area contributed by atoms with Crippen LogP contribution in [0.25, 0.3) is 0 Å². The Morgan fingerprint density at radius 2 is 1.04 bits per heavy atom. The van der Waals surface area contributed by atoms with Gasteiger partial charge in [-0.1, -0.05) is 111 Å². The van der Waals surface area contributed by atoms with E-state index < -0.39 is 0 Å². The van der Waals surface area contributed by atoms with Gasteiger partial charge in [0.25, 0.3) is 0 Å². The van der Waals surface area contributed by atoms with E-state index in [1.165, 1.54) is 89.9 Å². The maximum atomic E-state index is 11.6. The topological polar surface area (TPSA) is 29.1 Å². The van der Waals surface area contributed by atoms with E-state index in [2.05, 4.69) is 26.1 Å². The van der Waals surface area contributed by atoms with Gasteiger partial charge in [0.15, 0.2) is 0 Å². The highest BCUT2D eigenvalue weighted by Crippen LogP contribution is 2.13. The summed E-state index contributed by atoms with van der Waals surface area (Å²) in [6.45, 7) is 7.37. The maximum Gasteiger partial charge on any atom is 0.220 e. The van der Waals surface area contributed by atoms with Crippen molar-refractivity contribution in [3.8, 4) is 0 Å². The molecule has 0 aromatic heterocycles. The zero-order valence-corrected chi connectivity index (χ0v) is 17.0. The van der Waals surface area contributed by atoms with Gasteiger partial charge in [0.1, 0.15) is 0 Å². The van der Waals surface area contributed by atoms with Gasteiger partial charge in [-0.25, -0.2) is 0 Å². The van der Waals surface area contributed by atoms with Crippen molar-refractivity contribution in [2.24, 2.45) is 5.92 Å². The first-order valence-corrected chi connectivity index (χ1v) is 10.9.